The van der Waals surface area contributed by atoms with E-state index < -0.39 is 0 Å². The SMILES string of the molecule is CC(CN1CCCC1)NC(=O)c1cc(Cl)cc(Br)c1. The van der Waals surface area contributed by atoms with E-state index in [2.05, 4.69) is 26.1 Å². The predicted octanol–water partition coefficient (Wildman–Crippen LogP) is 3.32. The minimum Gasteiger partial charge on any atom is -0.348 e. The van der Waals surface area contributed by atoms with E-state index in [0.29, 0.717) is 10.6 Å². The van der Waals surface area contributed by atoms with Gasteiger partial charge in [0, 0.05) is 27.6 Å². The van der Waals surface area contributed by atoms with Gasteiger partial charge in [-0.15, -0.1) is 0 Å². The Labute approximate surface area is 127 Å². The molecule has 19 heavy (non-hydrogen) atoms. The summed E-state index contributed by atoms with van der Waals surface area (Å²) in [4.78, 5) is 14.5. The zero-order valence-electron chi connectivity index (χ0n) is 11.0. The van der Waals surface area contributed by atoms with Crippen LogP contribution in [0.2, 0.25) is 5.02 Å². The van der Waals surface area contributed by atoms with Gasteiger partial charge in [-0.3, -0.25) is 4.79 Å². The molecule has 1 aromatic carbocycles. The predicted molar refractivity (Wildman–Crippen MR) is 81.8 cm³/mol. The van der Waals surface area contributed by atoms with Crippen molar-refractivity contribution in [3.63, 3.8) is 0 Å². The van der Waals surface area contributed by atoms with Crippen molar-refractivity contribution in [2.24, 2.45) is 0 Å². The molecule has 0 aliphatic carbocycles. The zero-order chi connectivity index (χ0) is 13.8. The van der Waals surface area contributed by atoms with E-state index in [1.165, 1.54) is 12.8 Å². The Balaban J connectivity index is 1.92. The summed E-state index contributed by atoms with van der Waals surface area (Å²) in [5.74, 6) is -0.0742. The van der Waals surface area contributed by atoms with Crippen LogP contribution in [0.5, 0.6) is 0 Å². The fourth-order valence-electron chi connectivity index (χ4n) is 2.39. The Morgan fingerprint density at radius 2 is 2.11 bits per heavy atom. The van der Waals surface area contributed by atoms with Crippen LogP contribution in [0.1, 0.15) is 30.1 Å². The maximum Gasteiger partial charge on any atom is 0.251 e. The Kier molecular flexibility index (Phi) is 5.25. The maximum atomic E-state index is 12.1. The van der Waals surface area contributed by atoms with Gasteiger partial charge in [-0.2, -0.15) is 0 Å². The summed E-state index contributed by atoms with van der Waals surface area (Å²) in [6.45, 7) is 5.23. The van der Waals surface area contributed by atoms with Gasteiger partial charge in [-0.1, -0.05) is 27.5 Å². The summed E-state index contributed by atoms with van der Waals surface area (Å²) in [7, 11) is 0. The molecule has 1 aliphatic heterocycles. The van der Waals surface area contributed by atoms with E-state index in [1.54, 1.807) is 18.2 Å². The number of rotatable bonds is 4. The second kappa shape index (κ2) is 6.73. The maximum absolute atomic E-state index is 12.1. The van der Waals surface area contributed by atoms with Crippen LogP contribution in [0.4, 0.5) is 0 Å². The highest BCUT2D eigenvalue weighted by molar-refractivity contribution is 9.10. The number of carbonyl (C=O) groups excluding carboxylic acids is 1. The molecule has 1 atom stereocenters. The van der Waals surface area contributed by atoms with E-state index in [-0.39, 0.29) is 11.9 Å². The quantitative estimate of drug-likeness (QED) is 0.908. The van der Waals surface area contributed by atoms with Crippen LogP contribution in [0.3, 0.4) is 0 Å². The van der Waals surface area contributed by atoms with Crippen LogP contribution >= 0.6 is 27.5 Å². The summed E-state index contributed by atoms with van der Waals surface area (Å²) in [6.07, 6.45) is 2.53. The molecule has 0 aromatic heterocycles. The van der Waals surface area contributed by atoms with Crippen LogP contribution in [-0.2, 0) is 0 Å². The van der Waals surface area contributed by atoms with Crippen LogP contribution in [-0.4, -0.2) is 36.5 Å². The molecule has 1 N–H and O–H groups in total. The second-order valence-corrected chi connectivity index (χ2v) is 6.39. The summed E-state index contributed by atoms with van der Waals surface area (Å²) < 4.78 is 0.817. The van der Waals surface area contributed by atoms with Gasteiger partial charge in [0.05, 0.1) is 0 Å². The number of halogens is 2. The molecule has 1 unspecified atom stereocenters. The third-order valence-electron chi connectivity index (χ3n) is 3.23. The Morgan fingerprint density at radius 1 is 1.42 bits per heavy atom. The minimum absolute atomic E-state index is 0.0742. The molecule has 1 amide bonds. The molecule has 1 aromatic rings. The molecule has 1 aliphatic rings. The fourth-order valence-corrected chi connectivity index (χ4v) is 3.25. The van der Waals surface area contributed by atoms with Gasteiger partial charge >= 0.3 is 0 Å². The second-order valence-electron chi connectivity index (χ2n) is 5.04. The van der Waals surface area contributed by atoms with Crippen molar-refractivity contribution in [2.45, 2.75) is 25.8 Å². The topological polar surface area (TPSA) is 32.3 Å². The normalized spacial score (nSPS) is 17.4. The monoisotopic (exact) mass is 344 g/mol. The number of hydrogen-bond acceptors (Lipinski definition) is 2. The highest BCUT2D eigenvalue weighted by Crippen LogP contribution is 2.19. The molecule has 0 spiro atoms. The van der Waals surface area contributed by atoms with E-state index in [4.69, 9.17) is 11.6 Å². The first-order valence-electron chi connectivity index (χ1n) is 6.54. The molecule has 1 fully saturated rings. The standard InChI is InChI=1S/C14H18BrClN2O/c1-10(9-18-4-2-3-5-18)17-14(19)11-6-12(15)8-13(16)7-11/h6-8,10H,2-5,9H2,1H3,(H,17,19). The largest absolute Gasteiger partial charge is 0.348 e. The van der Waals surface area contributed by atoms with Crippen molar-refractivity contribution in [3.05, 3.63) is 33.3 Å². The molecule has 0 radical (unpaired) electrons. The van der Waals surface area contributed by atoms with Gasteiger partial charge < -0.3 is 10.2 Å². The van der Waals surface area contributed by atoms with Gasteiger partial charge in [0.1, 0.15) is 0 Å². The highest BCUT2D eigenvalue weighted by Gasteiger charge is 2.16. The van der Waals surface area contributed by atoms with Crippen LogP contribution in [0, 0.1) is 0 Å². The lowest BCUT2D eigenvalue weighted by atomic mass is 10.2. The average molecular weight is 346 g/mol. The molecule has 1 heterocycles. The first-order valence-corrected chi connectivity index (χ1v) is 7.71. The van der Waals surface area contributed by atoms with E-state index in [0.717, 1.165) is 24.1 Å². The molecule has 104 valence electrons. The van der Waals surface area contributed by atoms with Gasteiger partial charge in [0.15, 0.2) is 0 Å². The molecular weight excluding hydrogens is 328 g/mol. The van der Waals surface area contributed by atoms with Crippen molar-refractivity contribution in [2.75, 3.05) is 19.6 Å². The van der Waals surface area contributed by atoms with Crippen LogP contribution in [0.15, 0.2) is 22.7 Å². The number of likely N-dealkylation sites (tertiary alicyclic amines) is 1. The number of nitrogens with one attached hydrogen (secondary N) is 1. The molecular formula is C14H18BrClN2O. The summed E-state index contributed by atoms with van der Waals surface area (Å²) in [5, 5.41) is 3.58. The molecule has 1 saturated heterocycles. The fraction of sp³-hybridized carbons (Fsp3) is 0.500. The van der Waals surface area contributed by atoms with Crippen LogP contribution in [0.25, 0.3) is 0 Å². The zero-order valence-corrected chi connectivity index (χ0v) is 13.3. The number of benzene rings is 1. The Bertz CT molecular complexity index is 441. The molecule has 0 saturated carbocycles. The van der Waals surface area contributed by atoms with Gasteiger partial charge in [0.25, 0.3) is 5.91 Å². The summed E-state index contributed by atoms with van der Waals surface area (Å²) >= 11 is 9.30. The van der Waals surface area contributed by atoms with E-state index in [1.807, 2.05) is 6.92 Å². The molecule has 5 heteroatoms. The molecule has 3 nitrogen and oxygen atoms in total. The lowest BCUT2D eigenvalue weighted by Gasteiger charge is -2.21. The average Bonchev–Trinajstić information content (AvgIpc) is 2.80. The molecule has 0 bridgehead atoms. The first kappa shape index (κ1) is 14.8. The van der Waals surface area contributed by atoms with Crippen molar-refractivity contribution < 1.29 is 4.79 Å². The summed E-state index contributed by atoms with van der Waals surface area (Å²) in [6, 6.07) is 5.38. The highest BCUT2D eigenvalue weighted by atomic mass is 79.9. The number of amides is 1. The van der Waals surface area contributed by atoms with Crippen molar-refractivity contribution in [1.29, 1.82) is 0 Å². The number of hydrogen-bond donors (Lipinski definition) is 1. The number of carbonyl (C=O) groups is 1. The van der Waals surface area contributed by atoms with Gasteiger partial charge in [-0.05, 0) is 51.1 Å². The molecule has 2 rings (SSSR count). The first-order chi connectivity index (χ1) is 9.04. The third kappa shape index (κ3) is 4.48. The van der Waals surface area contributed by atoms with Crippen molar-refractivity contribution in [1.82, 2.24) is 10.2 Å². The smallest absolute Gasteiger partial charge is 0.251 e. The summed E-state index contributed by atoms with van der Waals surface area (Å²) in [5.41, 5.74) is 0.590. The lowest BCUT2D eigenvalue weighted by Crippen LogP contribution is -2.41. The van der Waals surface area contributed by atoms with Gasteiger partial charge in [-0.25, -0.2) is 0 Å². The van der Waals surface area contributed by atoms with Crippen molar-refractivity contribution in [3.8, 4) is 0 Å². The van der Waals surface area contributed by atoms with Gasteiger partial charge in [0.2, 0.25) is 0 Å². The van der Waals surface area contributed by atoms with E-state index >= 15 is 0 Å². The Hall–Kier alpha value is -0.580. The minimum atomic E-state index is -0.0742. The van der Waals surface area contributed by atoms with Crippen molar-refractivity contribution >= 4 is 33.4 Å². The number of nitrogens with zero attached hydrogens (tertiary/aromatic N) is 1. The van der Waals surface area contributed by atoms with Crippen LogP contribution < -0.4 is 5.32 Å². The van der Waals surface area contributed by atoms with E-state index in [9.17, 15) is 4.79 Å². The lowest BCUT2D eigenvalue weighted by molar-refractivity contribution is 0.0932. The Morgan fingerprint density at radius 3 is 2.74 bits per heavy atom. The third-order valence-corrected chi connectivity index (χ3v) is 3.91.